The molecule has 0 aliphatic rings. The number of aromatic amines is 1. The fraction of sp³-hybridized carbons (Fsp3) is 0.0833. The van der Waals surface area contributed by atoms with E-state index in [0.717, 1.165) is 17.7 Å². The van der Waals surface area contributed by atoms with Crippen molar-refractivity contribution in [2.24, 2.45) is 0 Å². The lowest BCUT2D eigenvalue weighted by atomic mass is 10.1. The van der Waals surface area contributed by atoms with Gasteiger partial charge in [-0.2, -0.15) is 18.3 Å². The van der Waals surface area contributed by atoms with Crippen molar-refractivity contribution in [2.75, 3.05) is 0 Å². The van der Waals surface area contributed by atoms with E-state index in [1.54, 1.807) is 18.5 Å². The van der Waals surface area contributed by atoms with Gasteiger partial charge in [-0.15, -0.1) is 0 Å². The predicted octanol–water partition coefficient (Wildman–Crippen LogP) is 4.25. The van der Waals surface area contributed by atoms with Crippen LogP contribution in [0.5, 0.6) is 0 Å². The van der Waals surface area contributed by atoms with E-state index in [9.17, 15) is 13.2 Å². The van der Waals surface area contributed by atoms with E-state index in [2.05, 4.69) is 10.2 Å². The zero-order chi connectivity index (χ0) is 13.2. The Labute approximate surface area is 106 Å². The second-order valence-corrected chi connectivity index (χ2v) is 4.01. The van der Waals surface area contributed by atoms with Gasteiger partial charge in [-0.25, -0.2) is 0 Å². The maximum Gasteiger partial charge on any atom is 0.416 e. The highest BCUT2D eigenvalue weighted by molar-refractivity contribution is 6.32. The van der Waals surface area contributed by atoms with Gasteiger partial charge in [0.05, 0.1) is 11.8 Å². The maximum atomic E-state index is 12.5. The second-order valence-electron chi connectivity index (χ2n) is 3.60. The molecule has 18 heavy (non-hydrogen) atoms. The number of halogens is 4. The first-order valence-electron chi connectivity index (χ1n) is 5.00. The molecular formula is C12H8ClF3N2. The Hall–Kier alpha value is -1.75. The van der Waals surface area contributed by atoms with Crippen molar-refractivity contribution in [3.8, 4) is 0 Å². The first-order valence-corrected chi connectivity index (χ1v) is 5.38. The molecule has 0 bridgehead atoms. The third-order valence-corrected chi connectivity index (χ3v) is 2.64. The SMILES string of the molecule is FC(F)(F)c1ccc(Cl)c(/C=C/c2cn[nH]c2)c1. The van der Waals surface area contributed by atoms with E-state index in [-0.39, 0.29) is 5.02 Å². The van der Waals surface area contributed by atoms with Gasteiger partial charge in [0.15, 0.2) is 0 Å². The molecule has 0 radical (unpaired) electrons. The minimum atomic E-state index is -4.37. The summed E-state index contributed by atoms with van der Waals surface area (Å²) in [6, 6.07) is 3.20. The lowest BCUT2D eigenvalue weighted by Crippen LogP contribution is -2.04. The Morgan fingerprint density at radius 2 is 2.00 bits per heavy atom. The molecule has 1 aromatic carbocycles. The van der Waals surface area contributed by atoms with Gasteiger partial charge >= 0.3 is 6.18 Å². The van der Waals surface area contributed by atoms with E-state index < -0.39 is 11.7 Å². The lowest BCUT2D eigenvalue weighted by molar-refractivity contribution is -0.137. The van der Waals surface area contributed by atoms with Crippen molar-refractivity contribution in [3.05, 3.63) is 52.3 Å². The summed E-state index contributed by atoms with van der Waals surface area (Å²) in [4.78, 5) is 0. The average molecular weight is 273 g/mol. The quantitative estimate of drug-likeness (QED) is 0.870. The number of rotatable bonds is 2. The number of hydrogen-bond acceptors (Lipinski definition) is 1. The van der Waals surface area contributed by atoms with Crippen LogP contribution in [-0.2, 0) is 6.18 Å². The summed E-state index contributed by atoms with van der Waals surface area (Å²) in [5, 5.41) is 6.59. The van der Waals surface area contributed by atoms with Crippen LogP contribution in [0.3, 0.4) is 0 Å². The highest BCUT2D eigenvalue weighted by atomic mass is 35.5. The minimum Gasteiger partial charge on any atom is -0.285 e. The number of hydrogen-bond donors (Lipinski definition) is 1. The molecular weight excluding hydrogens is 265 g/mol. The summed E-state index contributed by atoms with van der Waals surface area (Å²) in [7, 11) is 0. The van der Waals surface area contributed by atoms with Gasteiger partial charge < -0.3 is 0 Å². The van der Waals surface area contributed by atoms with Crippen molar-refractivity contribution in [2.45, 2.75) is 6.18 Å². The average Bonchev–Trinajstić information content (AvgIpc) is 2.79. The van der Waals surface area contributed by atoms with E-state index in [1.165, 1.54) is 12.1 Å². The number of nitrogens with zero attached hydrogens (tertiary/aromatic N) is 1. The number of aromatic nitrogens is 2. The molecule has 1 aromatic heterocycles. The van der Waals surface area contributed by atoms with E-state index in [4.69, 9.17) is 11.6 Å². The van der Waals surface area contributed by atoms with Crippen LogP contribution in [-0.4, -0.2) is 10.2 Å². The smallest absolute Gasteiger partial charge is 0.285 e. The molecule has 2 nitrogen and oxygen atoms in total. The normalized spacial score (nSPS) is 12.2. The first-order chi connectivity index (χ1) is 8.47. The van der Waals surface area contributed by atoms with Crippen LogP contribution in [0.25, 0.3) is 12.2 Å². The van der Waals surface area contributed by atoms with Crippen molar-refractivity contribution >= 4 is 23.8 Å². The fourth-order valence-electron chi connectivity index (χ4n) is 1.39. The molecule has 0 fully saturated rings. The highest BCUT2D eigenvalue weighted by Gasteiger charge is 2.30. The molecule has 0 aliphatic heterocycles. The molecule has 0 unspecified atom stereocenters. The molecule has 0 saturated carbocycles. The standard InChI is InChI=1S/C12H8ClF3N2/c13-11-4-3-10(12(14,15)16)5-9(11)2-1-8-6-17-18-7-8/h1-7H,(H,17,18)/b2-1+. The van der Waals surface area contributed by atoms with Gasteiger partial charge in [0.2, 0.25) is 0 Å². The zero-order valence-corrected chi connectivity index (χ0v) is 9.76. The Morgan fingerprint density at radius 1 is 1.22 bits per heavy atom. The Balaban J connectivity index is 2.33. The molecule has 0 atom stereocenters. The molecule has 0 aliphatic carbocycles. The van der Waals surface area contributed by atoms with Crippen molar-refractivity contribution in [3.63, 3.8) is 0 Å². The van der Waals surface area contributed by atoms with Crippen molar-refractivity contribution in [1.29, 1.82) is 0 Å². The minimum absolute atomic E-state index is 0.266. The summed E-state index contributed by atoms with van der Waals surface area (Å²) in [5.41, 5.74) is 0.343. The number of nitrogens with one attached hydrogen (secondary N) is 1. The van der Waals surface area contributed by atoms with Crippen LogP contribution < -0.4 is 0 Å². The third-order valence-electron chi connectivity index (χ3n) is 2.30. The van der Waals surface area contributed by atoms with Crippen LogP contribution >= 0.6 is 11.6 Å². The summed E-state index contributed by atoms with van der Waals surface area (Å²) >= 11 is 5.84. The predicted molar refractivity (Wildman–Crippen MR) is 64.0 cm³/mol. The largest absolute Gasteiger partial charge is 0.416 e. The van der Waals surface area contributed by atoms with Crippen LogP contribution in [0, 0.1) is 0 Å². The van der Waals surface area contributed by atoms with Crippen LogP contribution in [0.1, 0.15) is 16.7 Å². The van der Waals surface area contributed by atoms with Crippen molar-refractivity contribution < 1.29 is 13.2 Å². The molecule has 2 aromatic rings. The second kappa shape index (κ2) is 4.86. The van der Waals surface area contributed by atoms with Gasteiger partial charge in [0.25, 0.3) is 0 Å². The molecule has 1 N–H and O–H groups in total. The molecule has 0 saturated heterocycles. The summed E-state index contributed by atoms with van der Waals surface area (Å²) < 4.78 is 37.6. The Bertz CT molecular complexity index is 559. The highest BCUT2D eigenvalue weighted by Crippen LogP contribution is 2.32. The molecule has 2 rings (SSSR count). The van der Waals surface area contributed by atoms with Gasteiger partial charge in [0, 0.05) is 16.8 Å². The van der Waals surface area contributed by atoms with Gasteiger partial charge in [-0.3, -0.25) is 5.10 Å². The monoisotopic (exact) mass is 272 g/mol. The number of H-pyrrole nitrogens is 1. The Kier molecular flexibility index (Phi) is 3.43. The molecule has 1 heterocycles. The third kappa shape index (κ3) is 2.92. The van der Waals surface area contributed by atoms with E-state index in [0.29, 0.717) is 5.56 Å². The molecule has 6 heteroatoms. The first kappa shape index (κ1) is 12.7. The number of benzene rings is 1. The lowest BCUT2D eigenvalue weighted by Gasteiger charge is -2.08. The maximum absolute atomic E-state index is 12.5. The van der Waals surface area contributed by atoms with Crippen LogP contribution in [0.15, 0.2) is 30.6 Å². The molecule has 0 spiro atoms. The number of alkyl halides is 3. The van der Waals surface area contributed by atoms with E-state index in [1.807, 2.05) is 0 Å². The summed E-state index contributed by atoms with van der Waals surface area (Å²) in [6.07, 6.45) is 1.95. The molecule has 94 valence electrons. The van der Waals surface area contributed by atoms with Crippen molar-refractivity contribution in [1.82, 2.24) is 10.2 Å². The van der Waals surface area contributed by atoms with Gasteiger partial charge in [0.1, 0.15) is 0 Å². The van der Waals surface area contributed by atoms with Crippen LogP contribution in [0.2, 0.25) is 5.02 Å². The Morgan fingerprint density at radius 3 is 2.61 bits per heavy atom. The molecule has 0 amide bonds. The zero-order valence-electron chi connectivity index (χ0n) is 9.00. The topological polar surface area (TPSA) is 28.7 Å². The van der Waals surface area contributed by atoms with Gasteiger partial charge in [-0.1, -0.05) is 23.8 Å². The van der Waals surface area contributed by atoms with E-state index >= 15 is 0 Å². The van der Waals surface area contributed by atoms with Crippen LogP contribution in [0.4, 0.5) is 13.2 Å². The summed E-state index contributed by atoms with van der Waals surface area (Å²) in [5.74, 6) is 0. The fourth-order valence-corrected chi connectivity index (χ4v) is 1.57. The summed E-state index contributed by atoms with van der Waals surface area (Å²) in [6.45, 7) is 0. The van der Waals surface area contributed by atoms with Gasteiger partial charge in [-0.05, 0) is 23.8 Å².